The van der Waals surface area contributed by atoms with Crippen LogP contribution in [0.1, 0.15) is 46.1 Å². The standard InChI is InChI=1S/C27H28N2O4/c1-18-10-11-20(17-19(18)2)24-25(33-22-7-4-3-5-8-22)27(31)29(24)21-12-14-28(15-13-21)26(30)23-9-6-16-32-23/h3-11,16-17,21,24-25H,12-15H2,1-2H3/t24-,25-/m0/s1. The lowest BCUT2D eigenvalue weighted by Crippen LogP contribution is -2.65. The third-order valence-electron chi connectivity index (χ3n) is 6.84. The highest BCUT2D eigenvalue weighted by molar-refractivity contribution is 5.92. The topological polar surface area (TPSA) is 63.0 Å². The van der Waals surface area contributed by atoms with Crippen LogP contribution in [0.5, 0.6) is 5.75 Å². The van der Waals surface area contributed by atoms with E-state index in [1.165, 1.54) is 17.4 Å². The minimum Gasteiger partial charge on any atom is -0.478 e. The summed E-state index contributed by atoms with van der Waals surface area (Å²) in [5.74, 6) is 0.975. The van der Waals surface area contributed by atoms with E-state index in [4.69, 9.17) is 9.15 Å². The predicted molar refractivity (Wildman–Crippen MR) is 124 cm³/mol. The summed E-state index contributed by atoms with van der Waals surface area (Å²) in [6.07, 6.45) is 2.44. The quantitative estimate of drug-likeness (QED) is 0.543. The first-order chi connectivity index (χ1) is 16.0. The van der Waals surface area contributed by atoms with E-state index in [1.54, 1.807) is 12.1 Å². The maximum absolute atomic E-state index is 13.3. The van der Waals surface area contributed by atoms with Gasteiger partial charge in [-0.2, -0.15) is 0 Å². The van der Waals surface area contributed by atoms with Crippen LogP contribution < -0.4 is 4.74 Å². The van der Waals surface area contributed by atoms with Crippen LogP contribution in [0.15, 0.2) is 71.3 Å². The fraction of sp³-hybridized carbons (Fsp3) is 0.333. The number of para-hydroxylation sites is 1. The number of hydrogen-bond acceptors (Lipinski definition) is 4. The number of ether oxygens (including phenoxy) is 1. The molecule has 3 aromatic rings. The van der Waals surface area contributed by atoms with E-state index in [1.807, 2.05) is 40.1 Å². The van der Waals surface area contributed by atoms with Gasteiger partial charge >= 0.3 is 0 Å². The molecule has 2 aliphatic rings. The monoisotopic (exact) mass is 444 g/mol. The van der Waals surface area contributed by atoms with E-state index >= 15 is 0 Å². The number of carbonyl (C=O) groups is 2. The molecule has 170 valence electrons. The van der Waals surface area contributed by atoms with Gasteiger partial charge in [0.25, 0.3) is 11.8 Å². The smallest absolute Gasteiger partial charge is 0.289 e. The number of nitrogens with zero attached hydrogens (tertiary/aromatic N) is 2. The van der Waals surface area contributed by atoms with Crippen LogP contribution in [-0.2, 0) is 4.79 Å². The van der Waals surface area contributed by atoms with Gasteiger partial charge in [0.1, 0.15) is 11.8 Å². The van der Waals surface area contributed by atoms with Gasteiger partial charge in [0.05, 0.1) is 6.26 Å². The highest BCUT2D eigenvalue weighted by Crippen LogP contribution is 2.42. The van der Waals surface area contributed by atoms with Gasteiger partial charge in [-0.05, 0) is 67.6 Å². The molecule has 0 spiro atoms. The summed E-state index contributed by atoms with van der Waals surface area (Å²) in [7, 11) is 0. The third-order valence-corrected chi connectivity index (χ3v) is 6.84. The van der Waals surface area contributed by atoms with Crippen molar-refractivity contribution in [3.05, 3.63) is 89.4 Å². The van der Waals surface area contributed by atoms with Crippen molar-refractivity contribution in [1.29, 1.82) is 0 Å². The lowest BCUT2D eigenvalue weighted by Gasteiger charge is -2.52. The summed E-state index contributed by atoms with van der Waals surface area (Å²) in [6.45, 7) is 5.37. The van der Waals surface area contributed by atoms with Gasteiger partial charge in [0.2, 0.25) is 6.10 Å². The van der Waals surface area contributed by atoms with Crippen LogP contribution in [0.2, 0.25) is 0 Å². The first-order valence-electron chi connectivity index (χ1n) is 11.5. The van der Waals surface area contributed by atoms with Crippen LogP contribution in [0.25, 0.3) is 0 Å². The fourth-order valence-electron chi connectivity index (χ4n) is 4.84. The van der Waals surface area contributed by atoms with Gasteiger partial charge in [0, 0.05) is 19.1 Å². The Morgan fingerprint density at radius 3 is 2.39 bits per heavy atom. The van der Waals surface area contributed by atoms with E-state index < -0.39 is 6.10 Å². The van der Waals surface area contributed by atoms with Gasteiger partial charge in [-0.25, -0.2) is 0 Å². The number of benzene rings is 2. The first kappa shape index (κ1) is 21.3. The Bertz CT molecular complexity index is 1130. The molecular formula is C27H28N2O4. The molecule has 2 atom stereocenters. The molecular weight excluding hydrogens is 416 g/mol. The molecule has 2 amide bonds. The van der Waals surface area contributed by atoms with Crippen molar-refractivity contribution < 1.29 is 18.7 Å². The normalized spacial score (nSPS) is 21.1. The second kappa shape index (κ2) is 8.77. The molecule has 2 fully saturated rings. The summed E-state index contributed by atoms with van der Waals surface area (Å²) >= 11 is 0. The molecule has 1 aromatic heterocycles. The van der Waals surface area contributed by atoms with Gasteiger partial charge in [-0.3, -0.25) is 9.59 Å². The Morgan fingerprint density at radius 2 is 1.73 bits per heavy atom. The highest BCUT2D eigenvalue weighted by atomic mass is 16.5. The van der Waals surface area contributed by atoms with Gasteiger partial charge in [-0.15, -0.1) is 0 Å². The predicted octanol–water partition coefficient (Wildman–Crippen LogP) is 4.53. The Hall–Kier alpha value is -3.54. The molecule has 0 unspecified atom stereocenters. The number of furan rings is 1. The summed E-state index contributed by atoms with van der Waals surface area (Å²) in [4.78, 5) is 29.7. The zero-order valence-electron chi connectivity index (χ0n) is 18.9. The van der Waals surface area contributed by atoms with Gasteiger partial charge in [0.15, 0.2) is 5.76 Å². The number of amides is 2. The molecule has 6 nitrogen and oxygen atoms in total. The number of carbonyl (C=O) groups excluding carboxylic acids is 2. The third kappa shape index (κ3) is 4.01. The molecule has 0 radical (unpaired) electrons. The van der Waals surface area contributed by atoms with Crippen molar-refractivity contribution in [2.24, 2.45) is 0 Å². The van der Waals surface area contributed by atoms with Crippen molar-refractivity contribution in [2.45, 2.75) is 44.9 Å². The van der Waals surface area contributed by atoms with Crippen LogP contribution in [0, 0.1) is 13.8 Å². The van der Waals surface area contributed by atoms with Gasteiger partial charge in [-0.1, -0.05) is 36.4 Å². The lowest BCUT2D eigenvalue weighted by atomic mass is 9.85. The number of rotatable bonds is 5. The van der Waals surface area contributed by atoms with E-state index in [-0.39, 0.29) is 23.9 Å². The van der Waals surface area contributed by atoms with Crippen LogP contribution >= 0.6 is 0 Å². The van der Waals surface area contributed by atoms with Crippen molar-refractivity contribution >= 4 is 11.8 Å². The SMILES string of the molecule is Cc1ccc([C@H]2[C@H](Oc3ccccc3)C(=O)N2C2CCN(C(=O)c3ccco3)CC2)cc1C. The molecule has 2 saturated heterocycles. The lowest BCUT2D eigenvalue weighted by molar-refractivity contribution is -0.171. The number of aryl methyl sites for hydroxylation is 2. The van der Waals surface area contributed by atoms with E-state index in [9.17, 15) is 9.59 Å². The zero-order chi connectivity index (χ0) is 22.9. The molecule has 2 aliphatic heterocycles. The number of likely N-dealkylation sites (tertiary alicyclic amines) is 2. The fourth-order valence-corrected chi connectivity index (χ4v) is 4.84. The maximum Gasteiger partial charge on any atom is 0.289 e. The summed E-state index contributed by atoms with van der Waals surface area (Å²) in [5.41, 5.74) is 3.51. The molecule has 6 heteroatoms. The maximum atomic E-state index is 13.3. The average molecular weight is 445 g/mol. The molecule has 0 aliphatic carbocycles. The second-order valence-corrected chi connectivity index (χ2v) is 8.89. The molecule has 0 bridgehead atoms. The summed E-state index contributed by atoms with van der Waals surface area (Å²) in [6, 6.07) is 19.2. The molecule has 5 rings (SSSR count). The first-order valence-corrected chi connectivity index (χ1v) is 11.5. The van der Waals surface area contributed by atoms with Crippen molar-refractivity contribution in [3.8, 4) is 5.75 Å². The van der Waals surface area contributed by atoms with E-state index in [0.29, 0.717) is 24.6 Å². The van der Waals surface area contributed by atoms with Crippen molar-refractivity contribution in [1.82, 2.24) is 9.80 Å². The Labute approximate surface area is 193 Å². The number of piperidine rings is 1. The Kier molecular flexibility index (Phi) is 5.67. The molecule has 2 aromatic carbocycles. The van der Waals surface area contributed by atoms with Crippen molar-refractivity contribution in [3.63, 3.8) is 0 Å². The Balaban J connectivity index is 1.35. The largest absolute Gasteiger partial charge is 0.478 e. The Morgan fingerprint density at radius 1 is 0.970 bits per heavy atom. The molecule has 0 N–H and O–H groups in total. The van der Waals surface area contributed by atoms with E-state index in [0.717, 1.165) is 18.4 Å². The van der Waals surface area contributed by atoms with Crippen LogP contribution in [-0.4, -0.2) is 46.8 Å². The number of hydrogen-bond donors (Lipinski definition) is 0. The summed E-state index contributed by atoms with van der Waals surface area (Å²) < 4.78 is 11.4. The van der Waals surface area contributed by atoms with Crippen LogP contribution in [0.4, 0.5) is 0 Å². The zero-order valence-corrected chi connectivity index (χ0v) is 18.9. The minimum absolute atomic E-state index is 0.0119. The molecule has 0 saturated carbocycles. The van der Waals surface area contributed by atoms with Gasteiger partial charge < -0.3 is 19.0 Å². The van der Waals surface area contributed by atoms with E-state index in [2.05, 4.69) is 32.0 Å². The minimum atomic E-state index is -0.544. The highest BCUT2D eigenvalue weighted by Gasteiger charge is 2.53. The average Bonchev–Trinajstić information content (AvgIpc) is 3.38. The van der Waals surface area contributed by atoms with Crippen LogP contribution in [0.3, 0.4) is 0 Å². The second-order valence-electron chi connectivity index (χ2n) is 8.89. The summed E-state index contributed by atoms with van der Waals surface area (Å²) in [5, 5.41) is 0. The number of β-lactam (4-membered cyclic amide) rings is 1. The van der Waals surface area contributed by atoms with Crippen molar-refractivity contribution in [2.75, 3.05) is 13.1 Å². The molecule has 3 heterocycles. The molecule has 33 heavy (non-hydrogen) atoms.